The molecule has 60 valence electrons. The summed E-state index contributed by atoms with van der Waals surface area (Å²) < 4.78 is 0. The Hall–Kier alpha value is -0.620. The van der Waals surface area contributed by atoms with Crippen molar-refractivity contribution in [3.05, 3.63) is 11.6 Å². The third kappa shape index (κ3) is 2.85. The lowest BCUT2D eigenvalue weighted by atomic mass is 10.3. The standard InChI is InChI=1S/C8H12N2S/c1-6(10)11-5-8-4-7(8)2-3-9/h7-8H,1-2,4-5,10H2. The molecular formula is C8H12N2S. The second kappa shape index (κ2) is 3.68. The fraction of sp³-hybridized carbons (Fsp3) is 0.625. The summed E-state index contributed by atoms with van der Waals surface area (Å²) in [7, 11) is 0. The number of rotatable bonds is 4. The van der Waals surface area contributed by atoms with E-state index in [9.17, 15) is 0 Å². The molecule has 2 unspecified atom stereocenters. The molecular weight excluding hydrogens is 156 g/mol. The van der Waals surface area contributed by atoms with Crippen molar-refractivity contribution >= 4 is 11.8 Å². The molecule has 1 saturated carbocycles. The Morgan fingerprint density at radius 3 is 3.00 bits per heavy atom. The molecule has 1 fully saturated rings. The molecule has 2 atom stereocenters. The molecule has 0 aliphatic heterocycles. The summed E-state index contributed by atoms with van der Waals surface area (Å²) in [5, 5.41) is 9.06. The van der Waals surface area contributed by atoms with E-state index >= 15 is 0 Å². The van der Waals surface area contributed by atoms with Crippen molar-refractivity contribution in [2.45, 2.75) is 12.8 Å². The van der Waals surface area contributed by atoms with Gasteiger partial charge in [0.25, 0.3) is 0 Å². The largest absolute Gasteiger partial charge is 0.394 e. The number of thioether (sulfide) groups is 1. The molecule has 2 N–H and O–H groups in total. The van der Waals surface area contributed by atoms with Crippen LogP contribution in [0.2, 0.25) is 0 Å². The number of hydrogen-bond donors (Lipinski definition) is 1. The average molecular weight is 168 g/mol. The first kappa shape index (κ1) is 8.48. The molecule has 11 heavy (non-hydrogen) atoms. The zero-order valence-electron chi connectivity index (χ0n) is 6.42. The summed E-state index contributed by atoms with van der Waals surface area (Å²) in [6.07, 6.45) is 1.91. The number of nitrogens with two attached hydrogens (primary N) is 1. The Morgan fingerprint density at radius 1 is 1.73 bits per heavy atom. The highest BCUT2D eigenvalue weighted by Gasteiger charge is 2.36. The van der Waals surface area contributed by atoms with Crippen molar-refractivity contribution in [2.24, 2.45) is 17.6 Å². The van der Waals surface area contributed by atoms with E-state index in [0.717, 1.165) is 11.7 Å². The maximum absolute atomic E-state index is 8.37. The Balaban J connectivity index is 2.05. The van der Waals surface area contributed by atoms with Gasteiger partial charge in [-0.25, -0.2) is 0 Å². The molecule has 3 heteroatoms. The molecule has 0 aromatic rings. The Kier molecular flexibility index (Phi) is 2.84. The summed E-state index contributed by atoms with van der Waals surface area (Å²) >= 11 is 1.61. The van der Waals surface area contributed by atoms with Gasteiger partial charge in [0.1, 0.15) is 0 Å². The van der Waals surface area contributed by atoms with Crippen LogP contribution < -0.4 is 5.73 Å². The second-order valence-electron chi connectivity index (χ2n) is 2.90. The van der Waals surface area contributed by atoms with E-state index in [1.165, 1.54) is 6.42 Å². The third-order valence-electron chi connectivity index (χ3n) is 1.91. The van der Waals surface area contributed by atoms with Crippen LogP contribution in [0.1, 0.15) is 12.8 Å². The van der Waals surface area contributed by atoms with Gasteiger partial charge < -0.3 is 5.73 Å². The van der Waals surface area contributed by atoms with Crippen molar-refractivity contribution in [3.63, 3.8) is 0 Å². The van der Waals surface area contributed by atoms with Crippen LogP contribution in [0.5, 0.6) is 0 Å². The predicted octanol–water partition coefficient (Wildman–Crippen LogP) is 1.70. The Labute approximate surface area is 71.5 Å². The molecule has 0 aromatic carbocycles. The number of nitriles is 1. The minimum Gasteiger partial charge on any atom is -0.394 e. The topological polar surface area (TPSA) is 49.8 Å². The van der Waals surface area contributed by atoms with Gasteiger partial charge in [-0.15, -0.1) is 11.8 Å². The van der Waals surface area contributed by atoms with E-state index in [0.29, 0.717) is 17.4 Å². The molecule has 1 rings (SSSR count). The zero-order chi connectivity index (χ0) is 8.27. The summed E-state index contributed by atoms with van der Waals surface area (Å²) in [5.74, 6) is 2.41. The van der Waals surface area contributed by atoms with Crippen molar-refractivity contribution in [3.8, 4) is 6.07 Å². The normalized spacial score (nSPS) is 27.5. The molecule has 2 nitrogen and oxygen atoms in total. The second-order valence-corrected chi connectivity index (χ2v) is 4.04. The van der Waals surface area contributed by atoms with Gasteiger partial charge in [0.2, 0.25) is 0 Å². The van der Waals surface area contributed by atoms with E-state index in [2.05, 4.69) is 12.6 Å². The molecule has 0 saturated heterocycles. The lowest BCUT2D eigenvalue weighted by Crippen LogP contribution is -1.93. The van der Waals surface area contributed by atoms with Gasteiger partial charge in [-0.1, -0.05) is 6.58 Å². The summed E-state index contributed by atoms with van der Waals surface area (Å²) in [6, 6.07) is 2.18. The van der Waals surface area contributed by atoms with Crippen LogP contribution in [0.4, 0.5) is 0 Å². The maximum atomic E-state index is 8.37. The highest BCUT2D eigenvalue weighted by Crippen LogP contribution is 2.43. The van der Waals surface area contributed by atoms with Crippen molar-refractivity contribution < 1.29 is 0 Å². The molecule has 0 aromatic heterocycles. The molecule has 0 bridgehead atoms. The van der Waals surface area contributed by atoms with Crippen LogP contribution in [0, 0.1) is 23.2 Å². The highest BCUT2D eigenvalue weighted by atomic mass is 32.2. The van der Waals surface area contributed by atoms with E-state index in [1.54, 1.807) is 11.8 Å². The smallest absolute Gasteiger partial charge is 0.0624 e. The van der Waals surface area contributed by atoms with Gasteiger partial charge in [0.15, 0.2) is 0 Å². The zero-order valence-corrected chi connectivity index (χ0v) is 7.23. The maximum Gasteiger partial charge on any atom is 0.0624 e. The minimum absolute atomic E-state index is 0.645. The summed E-state index contributed by atoms with van der Waals surface area (Å²) in [4.78, 5) is 0. The van der Waals surface area contributed by atoms with Gasteiger partial charge in [0, 0.05) is 12.2 Å². The molecule has 0 spiro atoms. The van der Waals surface area contributed by atoms with Crippen LogP contribution >= 0.6 is 11.8 Å². The van der Waals surface area contributed by atoms with Crippen LogP contribution in [0.15, 0.2) is 11.6 Å². The van der Waals surface area contributed by atoms with Crippen LogP contribution in [0.25, 0.3) is 0 Å². The van der Waals surface area contributed by atoms with Crippen molar-refractivity contribution in [2.75, 3.05) is 5.75 Å². The van der Waals surface area contributed by atoms with Gasteiger partial charge in [-0.2, -0.15) is 5.26 Å². The quantitative estimate of drug-likeness (QED) is 0.695. The lowest BCUT2D eigenvalue weighted by Gasteiger charge is -1.96. The van der Waals surface area contributed by atoms with Crippen LogP contribution in [0.3, 0.4) is 0 Å². The van der Waals surface area contributed by atoms with Gasteiger partial charge in [0.05, 0.1) is 11.1 Å². The van der Waals surface area contributed by atoms with Gasteiger partial charge in [-0.05, 0) is 18.3 Å². The average Bonchev–Trinajstić information content (AvgIpc) is 2.64. The molecule has 1 aliphatic rings. The van der Waals surface area contributed by atoms with E-state index < -0.39 is 0 Å². The number of hydrogen-bond acceptors (Lipinski definition) is 3. The Bertz CT molecular complexity index is 195. The summed E-state index contributed by atoms with van der Waals surface area (Å²) in [5.41, 5.74) is 5.39. The first-order chi connectivity index (χ1) is 5.24. The van der Waals surface area contributed by atoms with Crippen molar-refractivity contribution in [1.29, 1.82) is 5.26 Å². The van der Waals surface area contributed by atoms with Crippen molar-refractivity contribution in [1.82, 2.24) is 0 Å². The molecule has 1 aliphatic carbocycles. The fourth-order valence-corrected chi connectivity index (χ4v) is 1.93. The van der Waals surface area contributed by atoms with E-state index in [-0.39, 0.29) is 0 Å². The highest BCUT2D eigenvalue weighted by molar-refractivity contribution is 8.02. The summed E-state index contributed by atoms with van der Waals surface area (Å²) in [6.45, 7) is 3.60. The Morgan fingerprint density at radius 2 is 2.45 bits per heavy atom. The predicted molar refractivity (Wildman–Crippen MR) is 47.6 cm³/mol. The minimum atomic E-state index is 0.645. The van der Waals surface area contributed by atoms with Gasteiger partial charge >= 0.3 is 0 Å². The third-order valence-corrected chi connectivity index (χ3v) is 2.87. The number of nitrogens with zero attached hydrogens (tertiary/aromatic N) is 1. The monoisotopic (exact) mass is 168 g/mol. The molecule has 0 heterocycles. The lowest BCUT2D eigenvalue weighted by molar-refractivity contribution is 0.781. The van der Waals surface area contributed by atoms with E-state index in [4.69, 9.17) is 11.0 Å². The van der Waals surface area contributed by atoms with E-state index in [1.807, 2.05) is 0 Å². The molecule has 0 amide bonds. The van der Waals surface area contributed by atoms with Crippen LogP contribution in [-0.2, 0) is 0 Å². The van der Waals surface area contributed by atoms with Crippen LogP contribution in [-0.4, -0.2) is 5.75 Å². The first-order valence-corrected chi connectivity index (χ1v) is 4.66. The SMILES string of the molecule is C=C(N)SCC1CC1CC#N. The van der Waals surface area contributed by atoms with Gasteiger partial charge in [-0.3, -0.25) is 0 Å². The fourth-order valence-electron chi connectivity index (χ4n) is 1.10. The molecule has 0 radical (unpaired) electrons. The first-order valence-electron chi connectivity index (χ1n) is 3.68.